The largest absolute Gasteiger partial charge is 0.320 e. The lowest BCUT2D eigenvalue weighted by atomic mass is 10.2. The van der Waals surface area contributed by atoms with Crippen molar-refractivity contribution in [2.45, 2.75) is 6.54 Å². The van der Waals surface area contributed by atoms with E-state index in [0.717, 1.165) is 5.56 Å². The molecule has 0 spiro atoms. The molecular formula is C14H17FN4O. The van der Waals surface area contributed by atoms with E-state index >= 15 is 0 Å². The number of aryl methyl sites for hydroxylation is 1. The number of anilines is 1. The maximum Gasteiger partial charge on any atom is 0.240 e. The average molecular weight is 276 g/mol. The minimum Gasteiger partial charge on any atom is -0.320 e. The molecule has 20 heavy (non-hydrogen) atoms. The summed E-state index contributed by atoms with van der Waals surface area (Å²) in [6.07, 6.45) is 3.38. The van der Waals surface area contributed by atoms with Crippen molar-refractivity contribution in [3.8, 4) is 0 Å². The second kappa shape index (κ2) is 6.29. The summed E-state index contributed by atoms with van der Waals surface area (Å²) in [6, 6.07) is 6.25. The lowest BCUT2D eigenvalue weighted by Gasteiger charge is -2.16. The minimum atomic E-state index is -0.260. The molecule has 2 aromatic rings. The van der Waals surface area contributed by atoms with Gasteiger partial charge in [0.15, 0.2) is 0 Å². The molecule has 0 aliphatic heterocycles. The molecule has 0 unspecified atom stereocenters. The zero-order valence-corrected chi connectivity index (χ0v) is 11.5. The molecular weight excluding hydrogens is 259 g/mol. The number of hydrogen-bond donors (Lipinski definition) is 1. The Kier molecular flexibility index (Phi) is 4.47. The summed E-state index contributed by atoms with van der Waals surface area (Å²) < 4.78 is 14.5. The number of nitrogens with one attached hydrogen (secondary N) is 1. The van der Waals surface area contributed by atoms with E-state index < -0.39 is 0 Å². The van der Waals surface area contributed by atoms with Crippen LogP contribution in [0.5, 0.6) is 0 Å². The van der Waals surface area contributed by atoms with Gasteiger partial charge in [-0.3, -0.25) is 15.0 Å². The number of amides is 1. The first-order chi connectivity index (χ1) is 9.54. The number of aromatic nitrogens is 2. The third-order valence-electron chi connectivity index (χ3n) is 2.85. The number of carbonyl (C=O) groups excluding carboxylic acids is 1. The highest BCUT2D eigenvalue weighted by molar-refractivity contribution is 5.90. The monoisotopic (exact) mass is 276 g/mol. The Hall–Kier alpha value is -2.21. The number of rotatable bonds is 5. The maximum atomic E-state index is 12.8. The SMILES string of the molecule is CN(CC(=O)Nc1nccn1C)Cc1ccc(F)cc1. The van der Waals surface area contributed by atoms with E-state index in [-0.39, 0.29) is 18.3 Å². The van der Waals surface area contributed by atoms with Crippen molar-refractivity contribution >= 4 is 11.9 Å². The topological polar surface area (TPSA) is 50.2 Å². The van der Waals surface area contributed by atoms with Crippen LogP contribution in [0.4, 0.5) is 10.3 Å². The van der Waals surface area contributed by atoms with Crippen LogP contribution in [0.25, 0.3) is 0 Å². The van der Waals surface area contributed by atoms with E-state index in [1.807, 2.05) is 19.0 Å². The standard InChI is InChI=1S/C14H17FN4O/c1-18(9-11-3-5-12(15)6-4-11)10-13(20)17-14-16-7-8-19(14)2/h3-8H,9-10H2,1-2H3,(H,16,17,20). The van der Waals surface area contributed by atoms with Gasteiger partial charge in [0.1, 0.15) is 5.82 Å². The molecule has 0 fully saturated rings. The Morgan fingerprint density at radius 3 is 2.70 bits per heavy atom. The van der Waals surface area contributed by atoms with Crippen LogP contribution in [0.15, 0.2) is 36.7 Å². The molecule has 0 saturated heterocycles. The van der Waals surface area contributed by atoms with Crippen molar-refractivity contribution in [1.82, 2.24) is 14.5 Å². The van der Waals surface area contributed by atoms with Gasteiger partial charge in [-0.25, -0.2) is 9.37 Å². The molecule has 0 radical (unpaired) electrons. The van der Waals surface area contributed by atoms with E-state index in [4.69, 9.17) is 0 Å². The summed E-state index contributed by atoms with van der Waals surface area (Å²) in [4.78, 5) is 17.7. The highest BCUT2D eigenvalue weighted by atomic mass is 19.1. The normalized spacial score (nSPS) is 10.8. The number of carbonyl (C=O) groups is 1. The molecule has 0 aliphatic rings. The summed E-state index contributed by atoms with van der Waals surface area (Å²) >= 11 is 0. The van der Waals surface area contributed by atoms with Crippen LogP contribution in [-0.4, -0.2) is 34.0 Å². The number of benzene rings is 1. The molecule has 6 heteroatoms. The highest BCUT2D eigenvalue weighted by Gasteiger charge is 2.09. The van der Waals surface area contributed by atoms with E-state index in [9.17, 15) is 9.18 Å². The lowest BCUT2D eigenvalue weighted by Crippen LogP contribution is -2.30. The Morgan fingerprint density at radius 1 is 1.40 bits per heavy atom. The molecule has 106 valence electrons. The molecule has 5 nitrogen and oxygen atoms in total. The molecule has 0 bridgehead atoms. The van der Waals surface area contributed by atoms with Crippen molar-refractivity contribution < 1.29 is 9.18 Å². The third-order valence-corrected chi connectivity index (χ3v) is 2.85. The fourth-order valence-electron chi connectivity index (χ4n) is 1.85. The first kappa shape index (κ1) is 14.2. The van der Waals surface area contributed by atoms with Crippen LogP contribution < -0.4 is 5.32 Å². The Morgan fingerprint density at radius 2 is 2.10 bits per heavy atom. The zero-order chi connectivity index (χ0) is 14.5. The quantitative estimate of drug-likeness (QED) is 0.903. The third kappa shape index (κ3) is 3.89. The second-order valence-corrected chi connectivity index (χ2v) is 4.71. The van der Waals surface area contributed by atoms with Gasteiger partial charge in [-0.1, -0.05) is 12.1 Å². The van der Waals surface area contributed by atoms with Crippen molar-refractivity contribution in [2.24, 2.45) is 7.05 Å². The number of likely N-dealkylation sites (N-methyl/N-ethyl adjacent to an activating group) is 1. The van der Waals surface area contributed by atoms with Gasteiger partial charge in [0.25, 0.3) is 0 Å². The zero-order valence-electron chi connectivity index (χ0n) is 11.5. The van der Waals surface area contributed by atoms with Gasteiger partial charge in [-0.05, 0) is 24.7 Å². The summed E-state index contributed by atoms with van der Waals surface area (Å²) in [7, 11) is 3.65. The van der Waals surface area contributed by atoms with Crippen LogP contribution in [0, 0.1) is 5.82 Å². The second-order valence-electron chi connectivity index (χ2n) is 4.71. The molecule has 1 aromatic heterocycles. The Balaban J connectivity index is 1.85. The van der Waals surface area contributed by atoms with Gasteiger partial charge >= 0.3 is 0 Å². The van der Waals surface area contributed by atoms with E-state index in [2.05, 4.69) is 10.3 Å². The minimum absolute atomic E-state index is 0.135. The first-order valence-corrected chi connectivity index (χ1v) is 6.25. The van der Waals surface area contributed by atoms with Crippen LogP contribution >= 0.6 is 0 Å². The molecule has 0 saturated carbocycles. The van der Waals surface area contributed by atoms with E-state index in [1.165, 1.54) is 12.1 Å². The fourth-order valence-corrected chi connectivity index (χ4v) is 1.85. The van der Waals surface area contributed by atoms with Gasteiger partial charge in [0.2, 0.25) is 11.9 Å². The van der Waals surface area contributed by atoms with Crippen molar-refractivity contribution in [1.29, 1.82) is 0 Å². The van der Waals surface area contributed by atoms with Gasteiger partial charge in [-0.15, -0.1) is 0 Å². The maximum absolute atomic E-state index is 12.8. The molecule has 0 aliphatic carbocycles. The number of imidazole rings is 1. The van der Waals surface area contributed by atoms with Gasteiger partial charge < -0.3 is 4.57 Å². The smallest absolute Gasteiger partial charge is 0.240 e. The van der Waals surface area contributed by atoms with E-state index in [1.54, 1.807) is 29.1 Å². The average Bonchev–Trinajstić information content (AvgIpc) is 2.77. The highest BCUT2D eigenvalue weighted by Crippen LogP contribution is 2.06. The number of halogens is 1. The molecule has 1 heterocycles. The molecule has 2 rings (SSSR count). The summed E-state index contributed by atoms with van der Waals surface area (Å²) in [5.74, 6) is 0.123. The predicted molar refractivity (Wildman–Crippen MR) is 74.6 cm³/mol. The molecule has 0 atom stereocenters. The van der Waals surface area contributed by atoms with Crippen molar-refractivity contribution in [2.75, 3.05) is 18.9 Å². The fraction of sp³-hybridized carbons (Fsp3) is 0.286. The van der Waals surface area contributed by atoms with Crippen LogP contribution in [-0.2, 0) is 18.4 Å². The Labute approximate surface area is 117 Å². The number of nitrogens with zero attached hydrogens (tertiary/aromatic N) is 3. The Bertz CT molecular complexity index is 579. The summed E-state index contributed by atoms with van der Waals surface area (Å²) in [5, 5.41) is 2.73. The van der Waals surface area contributed by atoms with E-state index in [0.29, 0.717) is 12.5 Å². The van der Waals surface area contributed by atoms with Crippen molar-refractivity contribution in [3.05, 3.63) is 48.0 Å². The van der Waals surface area contributed by atoms with Gasteiger partial charge in [-0.2, -0.15) is 0 Å². The molecule has 1 N–H and O–H groups in total. The lowest BCUT2D eigenvalue weighted by molar-refractivity contribution is -0.117. The van der Waals surface area contributed by atoms with Gasteiger partial charge in [0, 0.05) is 26.0 Å². The van der Waals surface area contributed by atoms with Crippen LogP contribution in [0.3, 0.4) is 0 Å². The summed E-state index contributed by atoms with van der Waals surface area (Å²) in [6.45, 7) is 0.818. The molecule has 1 amide bonds. The first-order valence-electron chi connectivity index (χ1n) is 6.25. The summed E-state index contributed by atoms with van der Waals surface area (Å²) in [5.41, 5.74) is 0.957. The van der Waals surface area contributed by atoms with Crippen molar-refractivity contribution in [3.63, 3.8) is 0 Å². The predicted octanol–water partition coefficient (Wildman–Crippen LogP) is 1.63. The van der Waals surface area contributed by atoms with Gasteiger partial charge in [0.05, 0.1) is 6.54 Å². The molecule has 1 aromatic carbocycles. The van der Waals surface area contributed by atoms with Crippen LogP contribution in [0.1, 0.15) is 5.56 Å². The number of hydrogen-bond acceptors (Lipinski definition) is 3. The van der Waals surface area contributed by atoms with Crippen LogP contribution in [0.2, 0.25) is 0 Å².